The van der Waals surface area contributed by atoms with Crippen molar-refractivity contribution in [3.63, 3.8) is 0 Å². The van der Waals surface area contributed by atoms with Gasteiger partial charge in [-0.15, -0.1) is 0 Å². The van der Waals surface area contributed by atoms with Gasteiger partial charge in [-0.25, -0.2) is 9.18 Å². The van der Waals surface area contributed by atoms with Gasteiger partial charge >= 0.3 is 5.97 Å². The molecule has 6 heteroatoms. The van der Waals surface area contributed by atoms with Crippen LogP contribution in [0.2, 0.25) is 0 Å². The molecule has 0 aliphatic heterocycles. The molecule has 0 radical (unpaired) electrons. The van der Waals surface area contributed by atoms with Crippen LogP contribution in [0.3, 0.4) is 0 Å². The molecule has 2 rings (SSSR count). The smallest absolute Gasteiger partial charge is 0.335 e. The number of aromatic nitrogens is 2. The predicted molar refractivity (Wildman–Crippen MR) is 70.3 cm³/mol. The molecule has 1 aromatic heterocycles. The van der Waals surface area contributed by atoms with E-state index in [1.54, 1.807) is 4.68 Å². The summed E-state index contributed by atoms with van der Waals surface area (Å²) in [5, 5.41) is 13.0. The van der Waals surface area contributed by atoms with Crippen LogP contribution in [0.4, 0.5) is 4.39 Å². The zero-order chi connectivity index (χ0) is 14.7. The summed E-state index contributed by atoms with van der Waals surface area (Å²) >= 11 is 0. The molecular weight excluding hydrogens is 263 g/mol. The van der Waals surface area contributed by atoms with Crippen molar-refractivity contribution >= 4 is 5.97 Å². The van der Waals surface area contributed by atoms with Gasteiger partial charge in [0, 0.05) is 6.54 Å². The van der Waals surface area contributed by atoms with Gasteiger partial charge in [-0.1, -0.05) is 0 Å². The van der Waals surface area contributed by atoms with Crippen molar-refractivity contribution in [3.05, 3.63) is 47.0 Å². The summed E-state index contributed by atoms with van der Waals surface area (Å²) in [4.78, 5) is 10.7. The van der Waals surface area contributed by atoms with E-state index in [-0.39, 0.29) is 17.9 Å². The summed E-state index contributed by atoms with van der Waals surface area (Å²) in [6.07, 6.45) is 0. The lowest BCUT2D eigenvalue weighted by molar-refractivity contribution is 0.0696. The highest BCUT2D eigenvalue weighted by Gasteiger charge is 2.11. The van der Waals surface area contributed by atoms with Crippen LogP contribution in [0.5, 0.6) is 5.75 Å². The number of hydrogen-bond donors (Lipinski definition) is 1. The van der Waals surface area contributed by atoms with Crippen LogP contribution in [0.1, 0.15) is 28.7 Å². The van der Waals surface area contributed by atoms with E-state index in [9.17, 15) is 9.18 Å². The molecule has 0 aliphatic rings. The average molecular weight is 278 g/mol. The number of halogens is 1. The van der Waals surface area contributed by atoms with E-state index in [1.165, 1.54) is 12.1 Å². The van der Waals surface area contributed by atoms with Crippen LogP contribution in [0, 0.1) is 12.7 Å². The van der Waals surface area contributed by atoms with Gasteiger partial charge in [0.15, 0.2) is 11.6 Å². The third-order valence-corrected chi connectivity index (χ3v) is 2.84. The van der Waals surface area contributed by atoms with E-state index in [4.69, 9.17) is 9.84 Å². The van der Waals surface area contributed by atoms with E-state index >= 15 is 0 Å². The SMILES string of the molecule is CCn1nc(C)cc1COc1ccc(C(=O)O)cc1F. The molecule has 20 heavy (non-hydrogen) atoms. The summed E-state index contributed by atoms with van der Waals surface area (Å²) in [7, 11) is 0. The van der Waals surface area contributed by atoms with Crippen LogP contribution in [0.25, 0.3) is 0 Å². The third kappa shape index (κ3) is 2.96. The number of carboxylic acid groups (broad SMARTS) is 1. The summed E-state index contributed by atoms with van der Waals surface area (Å²) in [5.41, 5.74) is 1.60. The first-order valence-corrected chi connectivity index (χ1v) is 6.20. The Balaban J connectivity index is 2.12. The van der Waals surface area contributed by atoms with Crippen molar-refractivity contribution in [2.45, 2.75) is 27.0 Å². The Bertz CT molecular complexity index is 637. The van der Waals surface area contributed by atoms with Gasteiger partial charge in [-0.2, -0.15) is 5.10 Å². The standard InChI is InChI=1S/C14H15FN2O3/c1-3-17-11(6-9(2)16-17)8-20-13-5-4-10(14(18)19)7-12(13)15/h4-7H,3,8H2,1-2H3,(H,18,19). The fraction of sp³-hybridized carbons (Fsp3) is 0.286. The number of ether oxygens (including phenoxy) is 1. The third-order valence-electron chi connectivity index (χ3n) is 2.84. The largest absolute Gasteiger partial charge is 0.484 e. The van der Waals surface area contributed by atoms with Crippen LogP contribution in [-0.2, 0) is 13.2 Å². The molecule has 0 saturated heterocycles. The fourth-order valence-corrected chi connectivity index (χ4v) is 1.89. The maximum absolute atomic E-state index is 13.7. The monoisotopic (exact) mass is 278 g/mol. The molecule has 0 amide bonds. The van der Waals surface area contributed by atoms with Crippen LogP contribution in [0.15, 0.2) is 24.3 Å². The van der Waals surface area contributed by atoms with E-state index in [0.717, 1.165) is 17.5 Å². The summed E-state index contributed by atoms with van der Waals surface area (Å²) in [5.74, 6) is -1.84. The van der Waals surface area contributed by atoms with Crippen molar-refractivity contribution in [1.82, 2.24) is 9.78 Å². The van der Waals surface area contributed by atoms with E-state index in [0.29, 0.717) is 6.54 Å². The lowest BCUT2D eigenvalue weighted by Crippen LogP contribution is -2.07. The Hall–Kier alpha value is -2.37. The maximum atomic E-state index is 13.7. The van der Waals surface area contributed by atoms with E-state index < -0.39 is 11.8 Å². The van der Waals surface area contributed by atoms with Crippen LogP contribution >= 0.6 is 0 Å². The van der Waals surface area contributed by atoms with E-state index in [2.05, 4.69) is 5.10 Å². The number of hydrogen-bond acceptors (Lipinski definition) is 3. The van der Waals surface area contributed by atoms with Crippen LogP contribution < -0.4 is 4.74 Å². The molecule has 106 valence electrons. The Morgan fingerprint density at radius 3 is 2.80 bits per heavy atom. The normalized spacial score (nSPS) is 10.6. The van der Waals surface area contributed by atoms with Crippen molar-refractivity contribution in [2.24, 2.45) is 0 Å². The Kier molecular flexibility index (Phi) is 4.02. The number of carboxylic acids is 1. The highest BCUT2D eigenvalue weighted by Crippen LogP contribution is 2.20. The number of aryl methyl sites for hydroxylation is 2. The lowest BCUT2D eigenvalue weighted by Gasteiger charge is -2.09. The minimum atomic E-state index is -1.17. The first kappa shape index (κ1) is 14.0. The fourth-order valence-electron chi connectivity index (χ4n) is 1.89. The number of carbonyl (C=O) groups is 1. The molecule has 1 aromatic carbocycles. The molecule has 0 aliphatic carbocycles. The predicted octanol–water partition coefficient (Wildman–Crippen LogP) is 2.63. The first-order valence-electron chi connectivity index (χ1n) is 6.20. The molecule has 1 heterocycles. The van der Waals surface area contributed by atoms with Gasteiger partial charge in [-0.3, -0.25) is 4.68 Å². The van der Waals surface area contributed by atoms with Gasteiger partial charge in [0.2, 0.25) is 0 Å². The molecule has 0 fully saturated rings. The Morgan fingerprint density at radius 1 is 1.45 bits per heavy atom. The molecular formula is C14H15FN2O3. The number of aromatic carboxylic acids is 1. The summed E-state index contributed by atoms with van der Waals surface area (Å²) in [6.45, 7) is 4.71. The quantitative estimate of drug-likeness (QED) is 0.913. The van der Waals surface area contributed by atoms with E-state index in [1.807, 2.05) is 19.9 Å². The van der Waals surface area contributed by atoms with Crippen molar-refractivity contribution < 1.29 is 19.0 Å². The van der Waals surface area contributed by atoms with Crippen LogP contribution in [-0.4, -0.2) is 20.9 Å². The number of benzene rings is 1. The topological polar surface area (TPSA) is 64.4 Å². The minimum absolute atomic E-state index is 0.0245. The second kappa shape index (κ2) is 5.73. The van der Waals surface area contributed by atoms with Crippen molar-refractivity contribution in [1.29, 1.82) is 0 Å². The number of nitrogens with zero attached hydrogens (tertiary/aromatic N) is 2. The Labute approximate surface area is 115 Å². The minimum Gasteiger partial charge on any atom is -0.484 e. The molecule has 0 atom stereocenters. The van der Waals surface area contributed by atoms with Gasteiger partial charge in [0.05, 0.1) is 17.0 Å². The average Bonchev–Trinajstić information content (AvgIpc) is 2.77. The molecule has 5 nitrogen and oxygen atoms in total. The van der Waals surface area contributed by atoms with Gasteiger partial charge < -0.3 is 9.84 Å². The zero-order valence-corrected chi connectivity index (χ0v) is 11.3. The molecule has 0 bridgehead atoms. The molecule has 0 unspecified atom stereocenters. The first-order chi connectivity index (χ1) is 9.51. The second-order valence-corrected chi connectivity index (χ2v) is 4.33. The van der Waals surface area contributed by atoms with Crippen molar-refractivity contribution in [3.8, 4) is 5.75 Å². The van der Waals surface area contributed by atoms with Gasteiger partial charge in [-0.05, 0) is 38.1 Å². The number of rotatable bonds is 5. The molecule has 1 N–H and O–H groups in total. The Morgan fingerprint density at radius 2 is 2.20 bits per heavy atom. The highest BCUT2D eigenvalue weighted by atomic mass is 19.1. The molecule has 0 spiro atoms. The summed E-state index contributed by atoms with van der Waals surface area (Å²) in [6, 6.07) is 5.44. The highest BCUT2D eigenvalue weighted by molar-refractivity contribution is 5.87. The van der Waals surface area contributed by atoms with Crippen molar-refractivity contribution in [2.75, 3.05) is 0 Å². The maximum Gasteiger partial charge on any atom is 0.335 e. The lowest BCUT2D eigenvalue weighted by atomic mass is 10.2. The molecule has 2 aromatic rings. The van der Waals surface area contributed by atoms with Gasteiger partial charge in [0.1, 0.15) is 6.61 Å². The summed E-state index contributed by atoms with van der Waals surface area (Å²) < 4.78 is 20.9. The molecule has 0 saturated carbocycles. The van der Waals surface area contributed by atoms with Gasteiger partial charge in [0.25, 0.3) is 0 Å². The second-order valence-electron chi connectivity index (χ2n) is 4.33. The zero-order valence-electron chi connectivity index (χ0n) is 11.3.